The molecule has 28 heavy (non-hydrogen) atoms. The highest BCUT2D eigenvalue weighted by atomic mass is 16.3. The van der Waals surface area contributed by atoms with Crippen LogP contribution in [0.2, 0.25) is 0 Å². The van der Waals surface area contributed by atoms with Gasteiger partial charge in [-0.1, -0.05) is 5.57 Å². The maximum Gasteiger partial charge on any atom is 0.274 e. The highest BCUT2D eigenvalue weighted by Gasteiger charge is 2.41. The third-order valence-electron chi connectivity index (χ3n) is 6.13. The molecule has 4 N–H and O–H groups in total. The van der Waals surface area contributed by atoms with Gasteiger partial charge >= 0.3 is 0 Å². The molecule has 9 nitrogen and oxygen atoms in total. The molecule has 0 aliphatic carbocycles. The van der Waals surface area contributed by atoms with Crippen molar-refractivity contribution < 1.29 is 14.3 Å². The van der Waals surface area contributed by atoms with Crippen LogP contribution in [0, 0.1) is 28.1 Å². The van der Waals surface area contributed by atoms with Gasteiger partial charge in [0, 0.05) is 39.8 Å². The topological polar surface area (TPSA) is 126 Å². The first-order chi connectivity index (χ1) is 13.3. The van der Waals surface area contributed by atoms with Crippen molar-refractivity contribution in [2.24, 2.45) is 11.8 Å². The van der Waals surface area contributed by atoms with Crippen molar-refractivity contribution in [2.75, 3.05) is 19.6 Å². The summed E-state index contributed by atoms with van der Waals surface area (Å²) in [5.41, 5.74) is 1.48. The monoisotopic (exact) mass is 389 g/mol. The van der Waals surface area contributed by atoms with Gasteiger partial charge in [-0.2, -0.15) is 5.26 Å². The van der Waals surface area contributed by atoms with E-state index < -0.39 is 12.2 Å². The van der Waals surface area contributed by atoms with E-state index in [2.05, 4.69) is 34.3 Å². The maximum absolute atomic E-state index is 12.6. The maximum atomic E-state index is 12.6. The van der Waals surface area contributed by atoms with E-state index in [9.17, 15) is 14.5 Å². The number of rotatable bonds is 4. The number of amides is 2. The van der Waals surface area contributed by atoms with Gasteiger partial charge in [-0.05, 0) is 33.7 Å². The summed E-state index contributed by atoms with van der Waals surface area (Å²) in [5.74, 6) is -0.626. The molecule has 3 rings (SSSR count). The third kappa shape index (κ3) is 4.08. The van der Waals surface area contributed by atoms with Crippen LogP contribution < -0.4 is 21.3 Å². The van der Waals surface area contributed by atoms with Crippen LogP contribution in [-0.4, -0.2) is 60.5 Å². The Kier molecular flexibility index (Phi) is 6.10. The molecule has 0 bridgehead atoms. The number of nitroso groups, excluding NO2 is 1. The molecule has 6 atom stereocenters. The largest absolute Gasteiger partial charge is 0.349 e. The van der Waals surface area contributed by atoms with Crippen molar-refractivity contribution >= 4 is 11.8 Å². The lowest BCUT2D eigenvalue weighted by atomic mass is 9.76. The number of fused-ring (bicyclic) bond motifs is 1. The number of carbonyl (C=O) groups is 2. The fourth-order valence-electron chi connectivity index (χ4n) is 4.63. The van der Waals surface area contributed by atoms with Crippen LogP contribution in [0.15, 0.2) is 11.1 Å². The summed E-state index contributed by atoms with van der Waals surface area (Å²) in [6.07, 6.45) is 0.283. The Morgan fingerprint density at radius 2 is 2.18 bits per heavy atom. The normalized spacial score (nSPS) is 34.1. The lowest BCUT2D eigenvalue weighted by molar-refractivity contribution is -0.608. The summed E-state index contributed by atoms with van der Waals surface area (Å²) in [6, 6.07) is 1.99. The van der Waals surface area contributed by atoms with Gasteiger partial charge in [0.25, 0.3) is 6.17 Å². The SMILES string of the molecule is CC1=C(CC(=O)N[C@@H](C)C2NCC(C#N)C[N+]2=O)C(=O)NC2CCNC(C)C12. The van der Waals surface area contributed by atoms with Gasteiger partial charge in [-0.15, -0.1) is 0 Å². The van der Waals surface area contributed by atoms with Crippen molar-refractivity contribution in [1.29, 1.82) is 5.26 Å². The summed E-state index contributed by atoms with van der Waals surface area (Å²) in [4.78, 5) is 37.3. The average Bonchev–Trinajstić information content (AvgIpc) is 2.64. The molecule has 3 heterocycles. The number of carbonyl (C=O) groups excluding carboxylic acids is 2. The van der Waals surface area contributed by atoms with Crippen LogP contribution in [0.1, 0.15) is 33.6 Å². The minimum absolute atomic E-state index is 0.00958. The quantitative estimate of drug-likeness (QED) is 0.482. The van der Waals surface area contributed by atoms with Crippen LogP contribution >= 0.6 is 0 Å². The van der Waals surface area contributed by atoms with E-state index in [-0.39, 0.29) is 48.7 Å². The average molecular weight is 389 g/mol. The van der Waals surface area contributed by atoms with Crippen molar-refractivity contribution in [3.05, 3.63) is 16.1 Å². The van der Waals surface area contributed by atoms with E-state index in [4.69, 9.17) is 5.26 Å². The second-order valence-corrected chi connectivity index (χ2v) is 8.11. The summed E-state index contributed by atoms with van der Waals surface area (Å²) in [5, 5.41) is 21.3. The first-order valence-electron chi connectivity index (χ1n) is 9.91. The molecule has 0 saturated carbocycles. The molecule has 2 amide bonds. The number of hydrogen-bond donors (Lipinski definition) is 4. The van der Waals surface area contributed by atoms with Gasteiger partial charge in [0.1, 0.15) is 12.0 Å². The first-order valence-corrected chi connectivity index (χ1v) is 9.91. The first kappa shape index (κ1) is 20.4. The van der Waals surface area contributed by atoms with E-state index in [1.165, 1.54) is 0 Å². The van der Waals surface area contributed by atoms with Crippen molar-refractivity contribution in [2.45, 2.75) is 57.9 Å². The highest BCUT2D eigenvalue weighted by Crippen LogP contribution is 2.32. The zero-order valence-electron chi connectivity index (χ0n) is 16.6. The zero-order valence-corrected chi connectivity index (χ0v) is 16.6. The molecule has 0 radical (unpaired) electrons. The molecule has 9 heteroatoms. The predicted octanol–water partition coefficient (Wildman–Crippen LogP) is -0.458. The Labute approximate surface area is 164 Å². The molecule has 5 unspecified atom stereocenters. The molecule has 0 aromatic rings. The standard InChI is InChI=1S/C19H28N6O3/c1-10-14(19(27)24-15-4-5-21-11(2)17(10)15)6-16(26)23-12(3)18-22-8-13(7-20)9-25(18)28/h11-13,15,17-18,21-22H,4-6,8-9H2,1-3H3,(H-,23,24,26,27)/p+1/t11?,12-,13?,15?,17?,18?/m0/s1. The lowest BCUT2D eigenvalue weighted by Crippen LogP contribution is -2.59. The Morgan fingerprint density at radius 3 is 2.86 bits per heavy atom. The molecule has 0 spiro atoms. The Bertz CT molecular complexity index is 742. The van der Waals surface area contributed by atoms with Crippen LogP contribution in [0.3, 0.4) is 0 Å². The van der Waals surface area contributed by atoms with Gasteiger partial charge in [0.2, 0.25) is 18.4 Å². The van der Waals surface area contributed by atoms with Gasteiger partial charge in [-0.3, -0.25) is 14.9 Å². The van der Waals surface area contributed by atoms with Crippen LogP contribution in [0.25, 0.3) is 0 Å². The van der Waals surface area contributed by atoms with Crippen molar-refractivity contribution in [1.82, 2.24) is 21.3 Å². The van der Waals surface area contributed by atoms with E-state index in [1.54, 1.807) is 6.92 Å². The Hall–Kier alpha value is -2.31. The van der Waals surface area contributed by atoms with E-state index >= 15 is 0 Å². The van der Waals surface area contributed by atoms with Gasteiger partial charge in [-0.25, -0.2) is 0 Å². The van der Waals surface area contributed by atoms with Crippen LogP contribution in [-0.2, 0) is 9.59 Å². The molecular weight excluding hydrogens is 360 g/mol. The Morgan fingerprint density at radius 1 is 1.43 bits per heavy atom. The van der Waals surface area contributed by atoms with E-state index in [1.807, 2.05) is 6.92 Å². The third-order valence-corrected chi connectivity index (χ3v) is 6.13. The smallest absolute Gasteiger partial charge is 0.274 e. The summed E-state index contributed by atoms with van der Waals surface area (Å²) in [7, 11) is 0. The molecule has 0 aromatic carbocycles. The molecule has 3 aliphatic heterocycles. The number of nitriles is 1. The Balaban J connectivity index is 1.64. The molecular formula is C19H29N6O3+. The second kappa shape index (κ2) is 8.37. The molecule has 3 aliphatic rings. The van der Waals surface area contributed by atoms with Crippen LogP contribution in [0.5, 0.6) is 0 Å². The minimum atomic E-state index is -0.587. The minimum Gasteiger partial charge on any atom is -0.349 e. The summed E-state index contributed by atoms with van der Waals surface area (Å²) < 4.78 is 0.806. The lowest BCUT2D eigenvalue weighted by Gasteiger charge is -2.42. The zero-order chi connectivity index (χ0) is 20.4. The summed E-state index contributed by atoms with van der Waals surface area (Å²) >= 11 is 0. The fraction of sp³-hybridized carbons (Fsp3) is 0.737. The molecule has 0 aromatic heterocycles. The molecule has 2 saturated heterocycles. The van der Waals surface area contributed by atoms with Gasteiger partial charge in [0.05, 0.1) is 12.5 Å². The van der Waals surface area contributed by atoms with Crippen LogP contribution in [0.4, 0.5) is 0 Å². The molecule has 2 fully saturated rings. The van der Waals surface area contributed by atoms with E-state index in [0.29, 0.717) is 12.1 Å². The number of hydrogen-bond acceptors (Lipinski definition) is 6. The summed E-state index contributed by atoms with van der Waals surface area (Å²) in [6.45, 7) is 7.20. The predicted molar refractivity (Wildman–Crippen MR) is 102 cm³/mol. The second-order valence-electron chi connectivity index (χ2n) is 8.11. The number of piperidine rings is 1. The number of nitrogens with one attached hydrogen (secondary N) is 4. The van der Waals surface area contributed by atoms with Gasteiger partial charge < -0.3 is 16.0 Å². The fourth-order valence-corrected chi connectivity index (χ4v) is 4.63. The highest BCUT2D eigenvalue weighted by molar-refractivity contribution is 6.00. The van der Waals surface area contributed by atoms with E-state index in [0.717, 1.165) is 23.3 Å². The van der Waals surface area contributed by atoms with Crippen molar-refractivity contribution in [3.8, 4) is 6.07 Å². The number of nitrogens with zero attached hydrogens (tertiary/aromatic N) is 2. The van der Waals surface area contributed by atoms with Gasteiger partial charge in [0.15, 0.2) is 0 Å². The van der Waals surface area contributed by atoms with Crippen molar-refractivity contribution in [3.63, 3.8) is 0 Å². The molecule has 152 valence electrons.